The minimum atomic E-state index is -0.0774. The van der Waals surface area contributed by atoms with Crippen LogP contribution in [-0.4, -0.2) is 34.8 Å². The lowest BCUT2D eigenvalue weighted by atomic mass is 9.62. The summed E-state index contributed by atoms with van der Waals surface area (Å²) < 4.78 is 6.13. The van der Waals surface area contributed by atoms with Crippen LogP contribution in [0.4, 0.5) is 0 Å². The summed E-state index contributed by atoms with van der Waals surface area (Å²) in [4.78, 5) is 25.2. The van der Waals surface area contributed by atoms with E-state index in [2.05, 4.69) is 56.7 Å². The second kappa shape index (κ2) is 13.4. The number of hydrogen-bond acceptors (Lipinski definition) is 4. The lowest BCUT2D eigenvalue weighted by Gasteiger charge is -2.42. The van der Waals surface area contributed by atoms with Crippen molar-refractivity contribution in [3.05, 3.63) is 87.6 Å². The predicted octanol–water partition coefficient (Wildman–Crippen LogP) is 7.91. The molecule has 2 aliphatic carbocycles. The smallest absolute Gasteiger partial charge is 0.259 e. The minimum absolute atomic E-state index is 0.0774. The number of nitrogens with zero attached hydrogens (tertiary/aromatic N) is 3. The Labute approximate surface area is 273 Å². The third kappa shape index (κ3) is 7.81. The highest BCUT2D eigenvalue weighted by atomic mass is 35.5. The highest BCUT2D eigenvalue weighted by molar-refractivity contribution is 6.30. The SMILES string of the molecule is Cc1cc2c(cc1CN(CC1CCC(CN=C(N)N)CC1)C(=O)c1cccnc1Oc1ccc(Cl)cc1)C(C)(C)CCC2(C)C. The third-order valence-electron chi connectivity index (χ3n) is 9.96. The number of pyridine rings is 1. The van der Waals surface area contributed by atoms with Gasteiger partial charge in [-0.05, 0) is 127 Å². The standard InChI is InChI=1S/C37H48ClN5O2/c1-24-19-31-32(37(4,5)17-16-36(31,2)3)20-27(24)23-43(22-26-10-8-25(9-11-26)21-42-35(39)40)34(44)30-7-6-18-41-33(30)45-29-14-12-28(38)13-15-29/h6-7,12-15,18-20,25-26H,8-11,16-17,21-23H2,1-5H3,(H4,39,40,42). The molecule has 5 rings (SSSR count). The highest BCUT2D eigenvalue weighted by Gasteiger charge is 2.38. The van der Waals surface area contributed by atoms with Crippen molar-refractivity contribution in [1.29, 1.82) is 0 Å². The van der Waals surface area contributed by atoms with Gasteiger partial charge in [0, 0.05) is 30.9 Å². The van der Waals surface area contributed by atoms with Crippen LogP contribution in [0.2, 0.25) is 5.02 Å². The molecule has 240 valence electrons. The summed E-state index contributed by atoms with van der Waals surface area (Å²) in [6, 6.07) is 15.5. The van der Waals surface area contributed by atoms with Crippen LogP contribution < -0.4 is 16.2 Å². The van der Waals surface area contributed by atoms with Crippen LogP contribution in [0.25, 0.3) is 0 Å². The molecule has 8 heteroatoms. The zero-order valence-electron chi connectivity index (χ0n) is 27.4. The van der Waals surface area contributed by atoms with Gasteiger partial charge in [-0.3, -0.25) is 9.79 Å². The molecular formula is C37H48ClN5O2. The van der Waals surface area contributed by atoms with E-state index in [1.807, 2.05) is 11.0 Å². The summed E-state index contributed by atoms with van der Waals surface area (Å²) in [6.07, 6.45) is 8.11. The molecular weight excluding hydrogens is 582 g/mol. The Balaban J connectivity index is 1.45. The maximum Gasteiger partial charge on any atom is 0.259 e. The third-order valence-corrected chi connectivity index (χ3v) is 10.2. The molecule has 0 saturated heterocycles. The van der Waals surface area contributed by atoms with Crippen molar-refractivity contribution < 1.29 is 9.53 Å². The summed E-state index contributed by atoms with van der Waals surface area (Å²) >= 11 is 6.09. The number of halogens is 1. The average Bonchev–Trinajstić information content (AvgIpc) is 3.00. The van der Waals surface area contributed by atoms with Gasteiger partial charge in [-0.1, -0.05) is 51.4 Å². The molecule has 3 aromatic rings. The Morgan fingerprint density at radius 1 is 0.978 bits per heavy atom. The van der Waals surface area contributed by atoms with Crippen molar-refractivity contribution in [2.24, 2.45) is 28.3 Å². The molecule has 2 aliphatic rings. The van der Waals surface area contributed by atoms with Crippen molar-refractivity contribution in [3.63, 3.8) is 0 Å². The molecule has 1 heterocycles. The molecule has 1 fully saturated rings. The van der Waals surface area contributed by atoms with E-state index in [1.54, 1.807) is 36.5 Å². The first-order chi connectivity index (χ1) is 21.3. The fourth-order valence-electron chi connectivity index (χ4n) is 6.92. The quantitative estimate of drug-likeness (QED) is 0.185. The van der Waals surface area contributed by atoms with E-state index in [-0.39, 0.29) is 22.7 Å². The molecule has 0 unspecified atom stereocenters. The number of amides is 1. The van der Waals surface area contributed by atoms with Crippen molar-refractivity contribution in [3.8, 4) is 11.6 Å². The average molecular weight is 630 g/mol. The number of aliphatic imine (C=N–C) groups is 1. The number of hydrogen-bond donors (Lipinski definition) is 2. The maximum absolute atomic E-state index is 14.5. The topological polar surface area (TPSA) is 107 Å². The molecule has 7 nitrogen and oxygen atoms in total. The van der Waals surface area contributed by atoms with Gasteiger partial charge >= 0.3 is 0 Å². The van der Waals surface area contributed by atoms with Crippen LogP contribution in [0.3, 0.4) is 0 Å². The molecule has 0 bridgehead atoms. The molecule has 1 aromatic heterocycles. The first-order valence-electron chi connectivity index (χ1n) is 16.2. The molecule has 0 aliphatic heterocycles. The molecule has 0 radical (unpaired) electrons. The number of benzene rings is 2. The molecule has 1 amide bonds. The molecule has 1 saturated carbocycles. The molecule has 45 heavy (non-hydrogen) atoms. The lowest BCUT2D eigenvalue weighted by molar-refractivity contribution is 0.0687. The molecule has 2 aromatic carbocycles. The normalized spacial score (nSPS) is 20.1. The Hall–Kier alpha value is -3.58. The van der Waals surface area contributed by atoms with E-state index in [0.717, 1.165) is 32.1 Å². The van der Waals surface area contributed by atoms with E-state index in [1.165, 1.54) is 28.7 Å². The van der Waals surface area contributed by atoms with Gasteiger partial charge in [0.05, 0.1) is 0 Å². The maximum atomic E-state index is 14.5. The molecule has 0 spiro atoms. The Bertz CT molecular complexity index is 1540. The van der Waals surface area contributed by atoms with Gasteiger partial charge in [0.25, 0.3) is 5.91 Å². The largest absolute Gasteiger partial charge is 0.438 e. The highest BCUT2D eigenvalue weighted by Crippen LogP contribution is 2.46. The van der Waals surface area contributed by atoms with Crippen molar-refractivity contribution in [2.45, 2.75) is 90.5 Å². The molecule has 4 N–H and O–H groups in total. The zero-order chi connectivity index (χ0) is 32.4. The Kier molecular flexibility index (Phi) is 9.78. The summed E-state index contributed by atoms with van der Waals surface area (Å²) in [5.41, 5.74) is 17.1. The fourth-order valence-corrected chi connectivity index (χ4v) is 7.05. The van der Waals surface area contributed by atoms with E-state index in [4.69, 9.17) is 27.8 Å². The Morgan fingerprint density at radius 3 is 2.24 bits per heavy atom. The number of fused-ring (bicyclic) bond motifs is 1. The molecule has 0 atom stereocenters. The van der Waals surface area contributed by atoms with Crippen LogP contribution in [0, 0.1) is 18.8 Å². The minimum Gasteiger partial charge on any atom is -0.438 e. The van der Waals surface area contributed by atoms with Gasteiger partial charge in [-0.25, -0.2) is 4.98 Å². The van der Waals surface area contributed by atoms with Crippen molar-refractivity contribution in [2.75, 3.05) is 13.1 Å². The van der Waals surface area contributed by atoms with Crippen molar-refractivity contribution >= 4 is 23.5 Å². The second-order valence-corrected chi connectivity index (χ2v) is 14.8. The second-order valence-electron chi connectivity index (χ2n) is 14.3. The van der Waals surface area contributed by atoms with Gasteiger partial charge in [0.1, 0.15) is 11.3 Å². The van der Waals surface area contributed by atoms with Crippen molar-refractivity contribution in [1.82, 2.24) is 9.88 Å². The number of aryl methyl sites for hydroxylation is 1. The summed E-state index contributed by atoms with van der Waals surface area (Å²) in [5, 5.41) is 0.617. The van der Waals surface area contributed by atoms with Crippen LogP contribution in [0.1, 0.15) is 98.8 Å². The van der Waals surface area contributed by atoms with Gasteiger partial charge in [0.15, 0.2) is 5.96 Å². The number of rotatable bonds is 9. The van der Waals surface area contributed by atoms with Crippen LogP contribution in [-0.2, 0) is 17.4 Å². The number of nitrogens with two attached hydrogens (primary N) is 2. The van der Waals surface area contributed by atoms with E-state index in [9.17, 15) is 4.79 Å². The van der Waals surface area contributed by atoms with Crippen LogP contribution in [0.15, 0.2) is 59.7 Å². The van der Waals surface area contributed by atoms with Gasteiger partial charge < -0.3 is 21.1 Å². The predicted molar refractivity (Wildman–Crippen MR) is 183 cm³/mol. The van der Waals surface area contributed by atoms with E-state index < -0.39 is 0 Å². The van der Waals surface area contributed by atoms with Gasteiger partial charge in [-0.15, -0.1) is 0 Å². The van der Waals surface area contributed by atoms with Gasteiger partial charge in [-0.2, -0.15) is 0 Å². The zero-order valence-corrected chi connectivity index (χ0v) is 28.2. The first-order valence-corrected chi connectivity index (χ1v) is 16.6. The first kappa shape index (κ1) is 32.8. The monoisotopic (exact) mass is 629 g/mol. The summed E-state index contributed by atoms with van der Waals surface area (Å²) in [5.74, 6) is 1.79. The summed E-state index contributed by atoms with van der Waals surface area (Å²) in [7, 11) is 0. The van der Waals surface area contributed by atoms with Crippen LogP contribution in [0.5, 0.6) is 11.6 Å². The lowest BCUT2D eigenvalue weighted by Crippen LogP contribution is -2.38. The number of guanidine groups is 1. The van der Waals surface area contributed by atoms with Gasteiger partial charge in [0.2, 0.25) is 5.88 Å². The van der Waals surface area contributed by atoms with Crippen LogP contribution >= 0.6 is 11.6 Å². The summed E-state index contributed by atoms with van der Waals surface area (Å²) in [6.45, 7) is 13.4. The fraction of sp³-hybridized carbons (Fsp3) is 0.486. The number of ether oxygens (including phenoxy) is 1. The Morgan fingerprint density at radius 2 is 1.60 bits per heavy atom. The number of carbonyl (C=O) groups excluding carboxylic acids is 1. The van der Waals surface area contributed by atoms with E-state index >= 15 is 0 Å². The van der Waals surface area contributed by atoms with E-state index in [0.29, 0.717) is 53.7 Å². The number of aromatic nitrogens is 1. The number of carbonyl (C=O) groups is 1.